The van der Waals surface area contributed by atoms with Crippen molar-refractivity contribution in [3.05, 3.63) is 20.1 Å². The first-order chi connectivity index (χ1) is 31.1. The van der Waals surface area contributed by atoms with Crippen LogP contribution in [-0.4, -0.2) is 63.3 Å². The monoisotopic (exact) mass is 1290 g/mol. The van der Waals surface area contributed by atoms with E-state index in [9.17, 15) is 26.4 Å². The van der Waals surface area contributed by atoms with Gasteiger partial charge >= 0.3 is 233 Å². The molecule has 0 aromatic rings. The van der Waals surface area contributed by atoms with E-state index in [4.69, 9.17) is 0 Å². The molecule has 4 heterocycles. The second-order valence-corrected chi connectivity index (χ2v) is 17.6. The van der Waals surface area contributed by atoms with Crippen molar-refractivity contribution < 1.29 is 259 Å². The second-order valence-electron chi connectivity index (χ2n) is 13.9. The van der Waals surface area contributed by atoms with Crippen LogP contribution >= 0.6 is 0 Å². The Hall–Kier alpha value is 5.98. The minimum Gasteiger partial charge on any atom is -0.650 e. The van der Waals surface area contributed by atoms with Gasteiger partial charge in [0.05, 0.1) is 31.9 Å². The molecule has 12 atom stereocenters. The third-order valence-corrected chi connectivity index (χ3v) is 15.1. The Balaban J connectivity index is -0.0000000708. The van der Waals surface area contributed by atoms with Gasteiger partial charge in [-0.2, -0.15) is 0 Å². The van der Waals surface area contributed by atoms with Crippen molar-refractivity contribution in [2.75, 3.05) is 0 Å². The summed E-state index contributed by atoms with van der Waals surface area (Å²) in [4.78, 5) is 22.0. The van der Waals surface area contributed by atoms with Crippen molar-refractivity contribution in [1.82, 2.24) is 0 Å². The van der Waals surface area contributed by atoms with E-state index in [0.29, 0.717) is 41.7 Å². The third-order valence-electron chi connectivity index (χ3n) is 11.4. The smallest absolute Gasteiger partial charge is 0.650 e. The van der Waals surface area contributed by atoms with Crippen LogP contribution in [0.3, 0.4) is 0 Å². The molecular formula is C52H112N4O6Rb4S2. The number of rotatable bonds is 0. The number of fused-ring (bicyclic) bond motifs is 6. The van der Waals surface area contributed by atoms with Gasteiger partial charge in [-0.05, 0) is 68.1 Å². The van der Waals surface area contributed by atoms with Gasteiger partial charge < -0.3 is 29.7 Å². The van der Waals surface area contributed by atoms with Gasteiger partial charge in [0.1, 0.15) is 0 Å². The summed E-state index contributed by atoms with van der Waals surface area (Å²) in [5, 5.41) is 7.95. The van der Waals surface area contributed by atoms with Gasteiger partial charge in [-0.25, -0.2) is 16.8 Å². The van der Waals surface area contributed by atoms with Crippen LogP contribution in [-0.2, 0) is 29.6 Å². The SMILES string of the molecule is CC.CC.CC.CC.CC.CC.CC.CC.CC.CC.CC.CC.O=C1[N-]C2CC3CC1C2C3.O=C1[N-]C2CCCC1C2.O=S1(=O)[N-]C2CC3CC2C1C3.O=S1(=O)[N-]C2CCCC1C2.[Rb+].[Rb+].[Rb+].[Rb+]. The Kier molecular flexibility index (Phi) is 88.0. The fourth-order valence-electron chi connectivity index (χ4n) is 9.56. The maximum atomic E-state index is 11.3. The van der Waals surface area contributed by atoms with Crippen LogP contribution in [0.1, 0.15) is 256 Å². The molecule has 10 fully saturated rings. The minimum absolute atomic E-state index is 0. The Morgan fingerprint density at radius 3 is 1.16 bits per heavy atom. The van der Waals surface area contributed by atoms with Gasteiger partial charge in [0.25, 0.3) is 0 Å². The molecule has 2 amide bonds. The van der Waals surface area contributed by atoms with E-state index in [-0.39, 0.29) is 267 Å². The van der Waals surface area contributed by atoms with Crippen LogP contribution in [0.4, 0.5) is 0 Å². The minimum atomic E-state index is -3.01. The van der Waals surface area contributed by atoms with Gasteiger partial charge in [0.2, 0.25) is 0 Å². The maximum Gasteiger partial charge on any atom is 1.00 e. The summed E-state index contributed by atoms with van der Waals surface area (Å²) < 4.78 is 52.4. The van der Waals surface area contributed by atoms with Crippen LogP contribution in [0.25, 0.3) is 20.1 Å². The number of hydrogen-bond donors (Lipinski definition) is 0. The number of sulfonamides is 2. The number of amides is 2. The summed E-state index contributed by atoms with van der Waals surface area (Å²) in [6.07, 6.45) is 14.9. The number of carbonyl (C=O) groups excluding carboxylic acids is 2. The zero-order valence-corrected chi connectivity index (χ0v) is 72.2. The van der Waals surface area contributed by atoms with Gasteiger partial charge in [-0.1, -0.05) is 218 Å². The number of carbonyl (C=O) groups is 2. The normalized spacial score (nSPS) is 30.3. The molecule has 4 aliphatic heterocycles. The summed E-state index contributed by atoms with van der Waals surface area (Å²) in [5.74, 6) is 3.70. The van der Waals surface area contributed by atoms with Gasteiger partial charge in [0.15, 0.2) is 0 Å². The van der Waals surface area contributed by atoms with E-state index in [1.54, 1.807) is 0 Å². The summed E-state index contributed by atoms with van der Waals surface area (Å²) >= 11 is 0. The molecular weight excluding hydrogens is 1180 g/mol. The van der Waals surface area contributed by atoms with Crippen molar-refractivity contribution >= 4 is 31.9 Å². The van der Waals surface area contributed by atoms with Crippen molar-refractivity contribution in [3.8, 4) is 0 Å². The summed E-state index contributed by atoms with van der Waals surface area (Å²) in [6, 6.07) is 1.19. The first-order valence-electron chi connectivity index (χ1n) is 27.5. The first-order valence-corrected chi connectivity index (χ1v) is 30.5. The van der Waals surface area contributed by atoms with Crippen LogP contribution in [0, 0.1) is 35.5 Å². The molecule has 10 aliphatic rings. The molecule has 16 heteroatoms. The summed E-state index contributed by atoms with van der Waals surface area (Å²) in [7, 11) is -6.01. The predicted octanol–water partition coefficient (Wildman–Crippen LogP) is 4.99. The molecule has 6 aliphatic carbocycles. The van der Waals surface area contributed by atoms with Crippen molar-refractivity contribution in [3.63, 3.8) is 0 Å². The number of hydrogen-bond acceptors (Lipinski definition) is 6. The molecule has 68 heavy (non-hydrogen) atoms. The maximum absolute atomic E-state index is 11.3. The molecule has 4 saturated heterocycles. The van der Waals surface area contributed by atoms with Crippen molar-refractivity contribution in [1.29, 1.82) is 0 Å². The van der Waals surface area contributed by atoms with E-state index >= 15 is 0 Å². The van der Waals surface area contributed by atoms with Crippen LogP contribution in [0.15, 0.2) is 0 Å². The van der Waals surface area contributed by atoms with E-state index in [1.807, 2.05) is 166 Å². The molecule has 10 nitrogen and oxygen atoms in total. The van der Waals surface area contributed by atoms with Crippen LogP contribution in [0.2, 0.25) is 0 Å². The van der Waals surface area contributed by atoms with Crippen LogP contribution in [0.5, 0.6) is 0 Å². The topological polar surface area (TPSA) is 159 Å². The van der Waals surface area contributed by atoms with E-state index in [2.05, 4.69) is 20.1 Å². The van der Waals surface area contributed by atoms with Crippen molar-refractivity contribution in [2.45, 2.75) is 291 Å². The largest absolute Gasteiger partial charge is 1.00 e. The molecule has 0 N–H and O–H groups in total. The molecule has 8 bridgehead atoms. The van der Waals surface area contributed by atoms with Gasteiger partial charge in [-0.3, -0.25) is 0 Å². The molecule has 0 aromatic heterocycles. The van der Waals surface area contributed by atoms with E-state index in [0.717, 1.165) is 76.5 Å². The molecule has 12 unspecified atom stereocenters. The van der Waals surface area contributed by atoms with Crippen molar-refractivity contribution in [2.24, 2.45) is 35.5 Å². The first kappa shape index (κ1) is 96.3. The molecule has 0 spiro atoms. The zero-order valence-electron chi connectivity index (χ0n) is 50.9. The fourth-order valence-corrected chi connectivity index (χ4v) is 13.3. The Labute approximate surface area is 624 Å². The predicted molar refractivity (Wildman–Crippen MR) is 286 cm³/mol. The molecule has 0 aromatic carbocycles. The number of nitrogens with zero attached hydrogens (tertiary/aromatic N) is 4. The van der Waals surface area contributed by atoms with Gasteiger partial charge in [0, 0.05) is 16.4 Å². The average Bonchev–Trinajstić information content (AvgIpc) is 4.27. The van der Waals surface area contributed by atoms with Crippen LogP contribution < -0.4 is 233 Å². The zero-order chi connectivity index (χ0) is 51.8. The Morgan fingerprint density at radius 2 is 0.809 bits per heavy atom. The Bertz CT molecular complexity index is 1280. The summed E-state index contributed by atoms with van der Waals surface area (Å²) in [6.45, 7) is 48.0. The average molecular weight is 1300 g/mol. The third kappa shape index (κ3) is 33.5. The molecule has 392 valence electrons. The Morgan fingerprint density at radius 1 is 0.382 bits per heavy atom. The van der Waals surface area contributed by atoms with E-state index < -0.39 is 20.0 Å². The molecule has 6 saturated carbocycles. The van der Waals surface area contributed by atoms with Gasteiger partial charge in [-0.15, -0.1) is 24.2 Å². The fraction of sp³-hybridized carbons (Fsp3) is 0.962. The van der Waals surface area contributed by atoms with E-state index in [1.165, 1.54) is 19.3 Å². The standard InChI is InChI=1S/C8H11NO.C7H10NO2S.C7H11NO.C6H10NO2S.12C2H6.4Rb/c10-8-6-2-4-1-5(6)7(3-4)9-8;9-11(10)7-3-4-1-5(7)6(2-4)8-11;9-7-5-2-1-3-6(4-5)8-7;8-10(9)6-3-1-2-5(4-6)7-10;12*1-2;;;;/h4-7H,1-3H2,(H,9,10);4-7H,1-3H2;5-6H,1-4H2,(H,8,9);5-6H,1-4H2;12*1-2H3;;;;/q;-1;;-1;;;;;;;;;;;;;4*+1/p-2. The second kappa shape index (κ2) is 62.2. The molecule has 0 radical (unpaired) electrons. The summed E-state index contributed by atoms with van der Waals surface area (Å²) in [5.41, 5.74) is 0. The molecule has 10 rings (SSSR count). The quantitative estimate of drug-likeness (QED) is 0.333.